The van der Waals surface area contributed by atoms with Gasteiger partial charge in [-0.05, 0) is 31.6 Å². The molecule has 4 rings (SSSR count). The van der Waals surface area contributed by atoms with Crippen LogP contribution in [0.4, 0.5) is 4.79 Å². The Bertz CT molecular complexity index is 732. The maximum absolute atomic E-state index is 12.6. The van der Waals surface area contributed by atoms with Gasteiger partial charge in [0.1, 0.15) is 5.82 Å². The number of piperidine rings is 1. The largest absolute Gasteiger partial charge is 0.343 e. The molecule has 0 radical (unpaired) electrons. The van der Waals surface area contributed by atoms with Gasteiger partial charge in [0.05, 0.1) is 6.54 Å². The van der Waals surface area contributed by atoms with Crippen molar-refractivity contribution in [2.75, 3.05) is 19.6 Å². The highest BCUT2D eigenvalue weighted by Gasteiger charge is 2.31. The van der Waals surface area contributed by atoms with Crippen LogP contribution in [0.3, 0.4) is 0 Å². The second-order valence-electron chi connectivity index (χ2n) is 9.23. The van der Waals surface area contributed by atoms with Crippen LogP contribution in [0.15, 0.2) is 0 Å². The molecule has 0 unspecified atom stereocenters. The summed E-state index contributed by atoms with van der Waals surface area (Å²) in [6.07, 6.45) is 7.12. The van der Waals surface area contributed by atoms with Gasteiger partial charge in [-0.2, -0.15) is 0 Å². The van der Waals surface area contributed by atoms with Gasteiger partial charge in [-0.1, -0.05) is 26.7 Å². The lowest BCUT2D eigenvalue weighted by Gasteiger charge is -2.33. The number of rotatable bonds is 4. The molecule has 2 aliphatic heterocycles. The van der Waals surface area contributed by atoms with Crippen LogP contribution < -0.4 is 5.32 Å². The average Bonchev–Trinajstić information content (AvgIpc) is 3.36. The quantitative estimate of drug-likeness (QED) is 0.839. The van der Waals surface area contributed by atoms with Gasteiger partial charge in [0.2, 0.25) is 5.91 Å². The van der Waals surface area contributed by atoms with Crippen LogP contribution >= 0.6 is 0 Å². The molecular weight excluding hydrogens is 368 g/mol. The Morgan fingerprint density at radius 1 is 1.00 bits per heavy atom. The van der Waals surface area contributed by atoms with E-state index in [2.05, 4.69) is 33.9 Å². The lowest BCUT2D eigenvalue weighted by atomic mass is 9.95. The molecule has 3 aliphatic rings. The van der Waals surface area contributed by atoms with Gasteiger partial charge in [-0.3, -0.25) is 4.79 Å². The Labute approximate surface area is 173 Å². The molecule has 1 saturated heterocycles. The van der Waals surface area contributed by atoms with Crippen LogP contribution in [0.25, 0.3) is 0 Å². The van der Waals surface area contributed by atoms with Gasteiger partial charge >= 0.3 is 6.03 Å². The van der Waals surface area contributed by atoms with Crippen molar-refractivity contribution in [3.63, 3.8) is 0 Å². The number of amides is 3. The van der Waals surface area contributed by atoms with Crippen molar-refractivity contribution in [3.05, 3.63) is 11.6 Å². The molecule has 0 aromatic carbocycles. The zero-order valence-electron chi connectivity index (χ0n) is 17.8. The molecule has 3 heterocycles. The van der Waals surface area contributed by atoms with Gasteiger partial charge in [0, 0.05) is 44.6 Å². The molecular formula is C21H34N6O2. The summed E-state index contributed by atoms with van der Waals surface area (Å²) < 4.78 is 2.20. The molecule has 0 atom stereocenters. The summed E-state index contributed by atoms with van der Waals surface area (Å²) in [4.78, 5) is 28.7. The summed E-state index contributed by atoms with van der Waals surface area (Å²) in [7, 11) is 0. The Kier molecular flexibility index (Phi) is 6.06. The van der Waals surface area contributed by atoms with Crippen molar-refractivity contribution in [2.45, 2.75) is 83.8 Å². The first-order chi connectivity index (χ1) is 14.0. The molecule has 8 nitrogen and oxygen atoms in total. The summed E-state index contributed by atoms with van der Waals surface area (Å²) >= 11 is 0. The Morgan fingerprint density at radius 2 is 1.72 bits per heavy atom. The minimum atomic E-state index is 0.0321. The van der Waals surface area contributed by atoms with Crippen LogP contribution in [0.2, 0.25) is 0 Å². The number of hydrogen-bond donors (Lipinski definition) is 1. The third kappa shape index (κ3) is 4.56. The highest BCUT2D eigenvalue weighted by molar-refractivity contribution is 5.76. The van der Waals surface area contributed by atoms with Gasteiger partial charge in [0.15, 0.2) is 5.82 Å². The number of nitrogens with one attached hydrogen (secondary N) is 1. The number of carbonyl (C=O) groups is 2. The Morgan fingerprint density at radius 3 is 2.41 bits per heavy atom. The van der Waals surface area contributed by atoms with Crippen LogP contribution in [0.1, 0.15) is 76.4 Å². The zero-order chi connectivity index (χ0) is 20.4. The first-order valence-corrected chi connectivity index (χ1v) is 11.3. The maximum atomic E-state index is 12.6. The van der Waals surface area contributed by atoms with Crippen LogP contribution in [0, 0.1) is 5.92 Å². The summed E-state index contributed by atoms with van der Waals surface area (Å²) in [5.74, 6) is 2.93. The molecule has 1 N–H and O–H groups in total. The van der Waals surface area contributed by atoms with E-state index in [-0.39, 0.29) is 11.9 Å². The number of hydrogen-bond acceptors (Lipinski definition) is 4. The van der Waals surface area contributed by atoms with Crippen molar-refractivity contribution < 1.29 is 9.59 Å². The SMILES string of the molecule is CC(C)CC(=O)N1CCC(c2nnc3n2CCN(C(=O)NC2CCCC2)C3)CC1. The molecule has 0 spiro atoms. The molecule has 8 heteroatoms. The summed E-state index contributed by atoms with van der Waals surface area (Å²) in [6, 6.07) is 0.367. The van der Waals surface area contributed by atoms with Gasteiger partial charge in [0.25, 0.3) is 0 Å². The number of aromatic nitrogens is 3. The summed E-state index contributed by atoms with van der Waals surface area (Å²) in [5, 5.41) is 12.1. The number of nitrogens with zero attached hydrogens (tertiary/aromatic N) is 5. The highest BCUT2D eigenvalue weighted by atomic mass is 16.2. The van der Waals surface area contributed by atoms with E-state index in [1.165, 1.54) is 12.8 Å². The first-order valence-electron chi connectivity index (χ1n) is 11.3. The standard InChI is InChI=1S/C21H34N6O2/c1-15(2)13-19(28)25-9-7-16(8-10-25)20-24-23-18-14-26(11-12-27(18)20)21(29)22-17-5-3-4-6-17/h15-17H,3-14H2,1-2H3,(H,22,29). The molecule has 0 bridgehead atoms. The van der Waals surface area contributed by atoms with E-state index >= 15 is 0 Å². The van der Waals surface area contributed by atoms with Crippen LogP contribution in [0.5, 0.6) is 0 Å². The topological polar surface area (TPSA) is 83.4 Å². The highest BCUT2D eigenvalue weighted by Crippen LogP contribution is 2.29. The monoisotopic (exact) mass is 402 g/mol. The van der Waals surface area contributed by atoms with Gasteiger partial charge < -0.3 is 19.7 Å². The Balaban J connectivity index is 1.33. The first kappa shape index (κ1) is 20.2. The maximum Gasteiger partial charge on any atom is 0.318 e. The van der Waals surface area contributed by atoms with Crippen molar-refractivity contribution in [1.82, 2.24) is 29.9 Å². The van der Waals surface area contributed by atoms with Crippen molar-refractivity contribution in [3.8, 4) is 0 Å². The molecule has 1 aromatic rings. The predicted octanol–water partition coefficient (Wildman–Crippen LogP) is 2.50. The molecule has 29 heavy (non-hydrogen) atoms. The minimum Gasteiger partial charge on any atom is -0.343 e. The van der Waals surface area contributed by atoms with E-state index in [1.807, 2.05) is 9.80 Å². The summed E-state index contributed by atoms with van der Waals surface area (Å²) in [6.45, 7) is 7.75. The van der Waals surface area contributed by atoms with E-state index in [9.17, 15) is 9.59 Å². The van der Waals surface area contributed by atoms with Gasteiger partial charge in [-0.25, -0.2) is 4.79 Å². The summed E-state index contributed by atoms with van der Waals surface area (Å²) in [5.41, 5.74) is 0. The second-order valence-corrected chi connectivity index (χ2v) is 9.23. The van der Waals surface area contributed by atoms with Crippen molar-refractivity contribution >= 4 is 11.9 Å². The fourth-order valence-corrected chi connectivity index (χ4v) is 4.86. The van der Waals surface area contributed by atoms with E-state index in [0.717, 1.165) is 57.0 Å². The molecule has 160 valence electrons. The minimum absolute atomic E-state index is 0.0321. The molecule has 1 saturated carbocycles. The third-order valence-electron chi connectivity index (χ3n) is 6.55. The van der Waals surface area contributed by atoms with E-state index in [0.29, 0.717) is 37.4 Å². The van der Waals surface area contributed by atoms with Crippen LogP contribution in [-0.2, 0) is 17.9 Å². The lowest BCUT2D eigenvalue weighted by molar-refractivity contribution is -0.133. The predicted molar refractivity (Wildman–Crippen MR) is 109 cm³/mol. The fourth-order valence-electron chi connectivity index (χ4n) is 4.86. The van der Waals surface area contributed by atoms with Gasteiger partial charge in [-0.15, -0.1) is 10.2 Å². The van der Waals surface area contributed by atoms with Crippen LogP contribution in [-0.4, -0.2) is 62.2 Å². The third-order valence-corrected chi connectivity index (χ3v) is 6.55. The zero-order valence-corrected chi connectivity index (χ0v) is 17.8. The van der Waals surface area contributed by atoms with E-state index < -0.39 is 0 Å². The number of urea groups is 1. The lowest BCUT2D eigenvalue weighted by Crippen LogP contribution is -2.47. The fraction of sp³-hybridized carbons (Fsp3) is 0.810. The van der Waals surface area contributed by atoms with E-state index in [4.69, 9.17) is 0 Å². The molecule has 1 aromatic heterocycles. The molecule has 1 aliphatic carbocycles. The Hall–Kier alpha value is -2.12. The smallest absolute Gasteiger partial charge is 0.318 e. The second kappa shape index (κ2) is 8.71. The molecule has 3 amide bonds. The number of likely N-dealkylation sites (tertiary alicyclic amines) is 1. The number of fused-ring (bicyclic) bond motifs is 1. The van der Waals surface area contributed by atoms with Crippen molar-refractivity contribution in [1.29, 1.82) is 0 Å². The van der Waals surface area contributed by atoms with Crippen molar-refractivity contribution in [2.24, 2.45) is 5.92 Å². The number of carbonyl (C=O) groups excluding carboxylic acids is 2. The van der Waals surface area contributed by atoms with E-state index in [1.54, 1.807) is 0 Å². The normalized spacial score (nSPS) is 20.9. The molecule has 2 fully saturated rings. The average molecular weight is 403 g/mol.